The summed E-state index contributed by atoms with van der Waals surface area (Å²) < 4.78 is 7.09. The molecule has 1 aliphatic rings. The lowest BCUT2D eigenvalue weighted by Gasteiger charge is -2.04. The molecule has 1 aliphatic heterocycles. The Labute approximate surface area is 75.2 Å². The van der Waals surface area contributed by atoms with Crippen LogP contribution in [0.15, 0.2) is 24.7 Å². The molecule has 1 saturated heterocycles. The first-order valence-electron chi connectivity index (χ1n) is 4.22. The first kappa shape index (κ1) is 7.03. The van der Waals surface area contributed by atoms with Crippen LogP contribution < -0.4 is 0 Å². The highest BCUT2D eigenvalue weighted by molar-refractivity contribution is 5.37. The molecule has 0 radical (unpaired) electrons. The molecule has 3 rings (SSSR count). The zero-order valence-corrected chi connectivity index (χ0v) is 7.27. The first-order chi connectivity index (χ1) is 6.28. The molecule has 0 bridgehead atoms. The third-order valence-corrected chi connectivity index (χ3v) is 2.43. The highest BCUT2D eigenvalue weighted by Gasteiger charge is 2.41. The SMILES string of the molecule is CC1(c2cnc3ccnn3c2)CO1. The predicted molar refractivity (Wildman–Crippen MR) is 46.3 cm³/mol. The second-order valence-corrected chi connectivity index (χ2v) is 3.50. The molecule has 1 unspecified atom stereocenters. The zero-order valence-electron chi connectivity index (χ0n) is 7.27. The van der Waals surface area contributed by atoms with Gasteiger partial charge >= 0.3 is 0 Å². The molecule has 66 valence electrons. The van der Waals surface area contributed by atoms with Crippen LogP contribution in [0.4, 0.5) is 0 Å². The van der Waals surface area contributed by atoms with Gasteiger partial charge in [0.05, 0.1) is 12.8 Å². The van der Waals surface area contributed by atoms with E-state index in [1.165, 1.54) is 0 Å². The van der Waals surface area contributed by atoms with Gasteiger partial charge in [-0.3, -0.25) is 0 Å². The van der Waals surface area contributed by atoms with Gasteiger partial charge in [-0.1, -0.05) is 0 Å². The second kappa shape index (κ2) is 2.09. The largest absolute Gasteiger partial charge is 0.365 e. The summed E-state index contributed by atoms with van der Waals surface area (Å²) in [6, 6.07) is 1.87. The zero-order chi connectivity index (χ0) is 8.89. The molecule has 0 spiro atoms. The average molecular weight is 175 g/mol. The third-order valence-electron chi connectivity index (χ3n) is 2.43. The number of nitrogens with zero attached hydrogens (tertiary/aromatic N) is 3. The highest BCUT2D eigenvalue weighted by Crippen LogP contribution is 2.37. The molecule has 3 heterocycles. The maximum Gasteiger partial charge on any atom is 0.154 e. The fourth-order valence-electron chi connectivity index (χ4n) is 1.36. The van der Waals surface area contributed by atoms with Gasteiger partial charge in [-0.2, -0.15) is 5.10 Å². The number of hydrogen-bond acceptors (Lipinski definition) is 3. The van der Waals surface area contributed by atoms with Crippen molar-refractivity contribution in [3.8, 4) is 0 Å². The van der Waals surface area contributed by atoms with E-state index < -0.39 is 0 Å². The van der Waals surface area contributed by atoms with E-state index in [-0.39, 0.29) is 5.60 Å². The van der Waals surface area contributed by atoms with E-state index in [0.29, 0.717) is 0 Å². The van der Waals surface area contributed by atoms with Crippen molar-refractivity contribution in [3.63, 3.8) is 0 Å². The lowest BCUT2D eigenvalue weighted by molar-refractivity contribution is 0.328. The van der Waals surface area contributed by atoms with Crippen LogP contribution in [0.5, 0.6) is 0 Å². The van der Waals surface area contributed by atoms with Gasteiger partial charge in [0.25, 0.3) is 0 Å². The Hall–Kier alpha value is -1.42. The van der Waals surface area contributed by atoms with E-state index in [4.69, 9.17) is 4.74 Å². The summed E-state index contributed by atoms with van der Waals surface area (Å²) in [7, 11) is 0. The van der Waals surface area contributed by atoms with Crippen molar-refractivity contribution in [2.24, 2.45) is 0 Å². The number of rotatable bonds is 1. The normalized spacial score (nSPS) is 26.5. The minimum absolute atomic E-state index is 0.118. The van der Waals surface area contributed by atoms with Crippen LogP contribution >= 0.6 is 0 Å². The molecule has 4 heteroatoms. The number of aromatic nitrogens is 3. The highest BCUT2D eigenvalue weighted by atomic mass is 16.6. The van der Waals surface area contributed by atoms with E-state index >= 15 is 0 Å². The number of hydrogen-bond donors (Lipinski definition) is 0. The van der Waals surface area contributed by atoms with Crippen molar-refractivity contribution in [2.75, 3.05) is 6.61 Å². The summed E-state index contributed by atoms with van der Waals surface area (Å²) in [4.78, 5) is 4.27. The fourth-order valence-corrected chi connectivity index (χ4v) is 1.36. The van der Waals surface area contributed by atoms with E-state index in [2.05, 4.69) is 17.0 Å². The maximum atomic E-state index is 5.33. The predicted octanol–water partition coefficient (Wildman–Crippen LogP) is 0.975. The van der Waals surface area contributed by atoms with Crippen molar-refractivity contribution in [2.45, 2.75) is 12.5 Å². The Morgan fingerprint density at radius 3 is 3.23 bits per heavy atom. The summed E-state index contributed by atoms with van der Waals surface area (Å²) >= 11 is 0. The smallest absolute Gasteiger partial charge is 0.154 e. The molecule has 4 nitrogen and oxygen atoms in total. The van der Waals surface area contributed by atoms with Gasteiger partial charge in [0, 0.05) is 24.0 Å². The molecule has 1 fully saturated rings. The first-order valence-corrected chi connectivity index (χ1v) is 4.22. The van der Waals surface area contributed by atoms with E-state index in [9.17, 15) is 0 Å². The summed E-state index contributed by atoms with van der Waals surface area (Å²) in [6.45, 7) is 2.83. The summed E-state index contributed by atoms with van der Waals surface area (Å²) in [5.74, 6) is 0. The van der Waals surface area contributed by atoms with Crippen LogP contribution in [0.3, 0.4) is 0 Å². The third kappa shape index (κ3) is 0.954. The molecule has 0 amide bonds. The van der Waals surface area contributed by atoms with Crippen LogP contribution in [0.25, 0.3) is 5.65 Å². The topological polar surface area (TPSA) is 42.7 Å². The van der Waals surface area contributed by atoms with Crippen molar-refractivity contribution >= 4 is 5.65 Å². The van der Waals surface area contributed by atoms with Crippen LogP contribution in [0, 0.1) is 0 Å². The minimum atomic E-state index is -0.118. The van der Waals surface area contributed by atoms with E-state index in [1.807, 2.05) is 18.5 Å². The Morgan fingerprint density at radius 2 is 2.46 bits per heavy atom. The summed E-state index contributed by atoms with van der Waals surface area (Å²) in [5, 5.41) is 4.12. The quantitative estimate of drug-likeness (QED) is 0.606. The van der Waals surface area contributed by atoms with Gasteiger partial charge in [0.2, 0.25) is 0 Å². The molecule has 2 aromatic rings. The van der Waals surface area contributed by atoms with Crippen molar-refractivity contribution in [1.82, 2.24) is 14.6 Å². The van der Waals surface area contributed by atoms with Gasteiger partial charge in [0.1, 0.15) is 5.60 Å². The van der Waals surface area contributed by atoms with Crippen molar-refractivity contribution in [3.05, 3.63) is 30.2 Å². The number of fused-ring (bicyclic) bond motifs is 1. The number of epoxide rings is 1. The van der Waals surface area contributed by atoms with Gasteiger partial charge in [-0.15, -0.1) is 0 Å². The molecule has 1 atom stereocenters. The van der Waals surface area contributed by atoms with E-state index in [0.717, 1.165) is 17.8 Å². The summed E-state index contributed by atoms with van der Waals surface area (Å²) in [6.07, 6.45) is 5.56. The molecule has 2 aromatic heterocycles. The van der Waals surface area contributed by atoms with E-state index in [1.54, 1.807) is 10.7 Å². The van der Waals surface area contributed by atoms with Gasteiger partial charge in [-0.05, 0) is 6.92 Å². The molecular weight excluding hydrogens is 166 g/mol. The van der Waals surface area contributed by atoms with Gasteiger partial charge < -0.3 is 4.74 Å². The Kier molecular flexibility index (Phi) is 1.13. The molecule has 0 aliphatic carbocycles. The molecule has 0 saturated carbocycles. The molecule has 0 N–H and O–H groups in total. The van der Waals surface area contributed by atoms with Gasteiger partial charge in [0.15, 0.2) is 5.65 Å². The van der Waals surface area contributed by atoms with Crippen LogP contribution in [0.1, 0.15) is 12.5 Å². The van der Waals surface area contributed by atoms with Crippen LogP contribution in [0.2, 0.25) is 0 Å². The van der Waals surface area contributed by atoms with Crippen molar-refractivity contribution < 1.29 is 4.74 Å². The van der Waals surface area contributed by atoms with Gasteiger partial charge in [-0.25, -0.2) is 9.50 Å². The molecule has 13 heavy (non-hydrogen) atoms. The van der Waals surface area contributed by atoms with Crippen LogP contribution in [-0.4, -0.2) is 21.2 Å². The molecular formula is C9H9N3O. The standard InChI is InChI=1S/C9H9N3O/c1-9(6-13-9)7-4-10-8-2-3-11-12(8)5-7/h2-5H,6H2,1H3. The monoisotopic (exact) mass is 175 g/mol. The molecule has 0 aromatic carbocycles. The number of ether oxygens (including phenoxy) is 1. The Balaban J connectivity index is 2.20. The lowest BCUT2D eigenvalue weighted by atomic mass is 10.1. The van der Waals surface area contributed by atoms with Crippen LogP contribution in [-0.2, 0) is 10.3 Å². The lowest BCUT2D eigenvalue weighted by Crippen LogP contribution is -2.05. The average Bonchev–Trinajstić information content (AvgIpc) is 2.74. The maximum absolute atomic E-state index is 5.33. The Morgan fingerprint density at radius 1 is 1.62 bits per heavy atom. The minimum Gasteiger partial charge on any atom is -0.365 e. The second-order valence-electron chi connectivity index (χ2n) is 3.50. The fraction of sp³-hybridized carbons (Fsp3) is 0.333. The summed E-state index contributed by atoms with van der Waals surface area (Å²) in [5.41, 5.74) is 1.84. The Bertz CT molecular complexity index is 459. The van der Waals surface area contributed by atoms with Crippen molar-refractivity contribution in [1.29, 1.82) is 0 Å².